The smallest absolute Gasteiger partial charge is 0.157 e. The molecule has 6 heteroatoms. The molecule has 0 bridgehead atoms. The largest absolute Gasteiger partial charge is 0.504 e. The average molecular weight is 240 g/mol. The second kappa shape index (κ2) is 5.49. The summed E-state index contributed by atoms with van der Waals surface area (Å²) in [5.41, 5.74) is 0.412. The molecule has 0 aliphatic rings. The maximum atomic E-state index is 10.5. The number of hydrogen-bond acceptors (Lipinski definition) is 5. The van der Waals surface area contributed by atoms with Crippen molar-refractivity contribution in [3.05, 3.63) is 28.7 Å². The van der Waals surface area contributed by atoms with Gasteiger partial charge in [0.1, 0.15) is 0 Å². The van der Waals surface area contributed by atoms with Crippen LogP contribution in [-0.2, 0) is 0 Å². The third kappa shape index (κ3) is 3.32. The van der Waals surface area contributed by atoms with E-state index in [2.05, 4.69) is 5.29 Å². The standard InChI is InChI=1S/C11H16N2O4/c1-7(2)13(12-17)6-11(16)8-3-4-9(14)10(15)5-8/h3-5,7,11,14-16H,6H2,1-2H3. The lowest BCUT2D eigenvalue weighted by Gasteiger charge is -2.22. The summed E-state index contributed by atoms with van der Waals surface area (Å²) in [5, 5.41) is 32.3. The SMILES string of the molecule is CC(C)N(CC(O)c1ccc(O)c(O)c1)N=O. The Morgan fingerprint density at radius 1 is 1.29 bits per heavy atom. The van der Waals surface area contributed by atoms with Gasteiger partial charge in [-0.1, -0.05) is 6.07 Å². The number of phenols is 2. The molecule has 0 saturated heterocycles. The van der Waals surface area contributed by atoms with E-state index < -0.39 is 6.10 Å². The van der Waals surface area contributed by atoms with Gasteiger partial charge in [-0.25, -0.2) is 0 Å². The highest BCUT2D eigenvalue weighted by Gasteiger charge is 2.16. The van der Waals surface area contributed by atoms with Gasteiger partial charge >= 0.3 is 0 Å². The molecule has 0 aromatic heterocycles. The van der Waals surface area contributed by atoms with Crippen molar-refractivity contribution in [3.8, 4) is 11.5 Å². The minimum Gasteiger partial charge on any atom is -0.504 e. The number of rotatable bonds is 5. The fraction of sp³-hybridized carbons (Fsp3) is 0.455. The first-order valence-corrected chi connectivity index (χ1v) is 5.25. The molecular formula is C11H16N2O4. The van der Waals surface area contributed by atoms with Crippen LogP contribution in [0.25, 0.3) is 0 Å². The zero-order chi connectivity index (χ0) is 13.0. The van der Waals surface area contributed by atoms with Crippen LogP contribution in [-0.4, -0.2) is 32.9 Å². The molecule has 0 aliphatic carbocycles. The van der Waals surface area contributed by atoms with E-state index in [1.807, 2.05) is 0 Å². The molecule has 0 saturated carbocycles. The van der Waals surface area contributed by atoms with Gasteiger partial charge in [0.2, 0.25) is 0 Å². The Balaban J connectivity index is 2.78. The fourth-order valence-electron chi connectivity index (χ4n) is 1.37. The predicted molar refractivity (Wildman–Crippen MR) is 62.4 cm³/mol. The van der Waals surface area contributed by atoms with E-state index in [0.29, 0.717) is 5.56 Å². The Morgan fingerprint density at radius 3 is 2.41 bits per heavy atom. The molecule has 6 nitrogen and oxygen atoms in total. The van der Waals surface area contributed by atoms with Crippen molar-refractivity contribution in [1.82, 2.24) is 5.01 Å². The topological polar surface area (TPSA) is 93.4 Å². The molecular weight excluding hydrogens is 224 g/mol. The van der Waals surface area contributed by atoms with Crippen molar-refractivity contribution in [2.75, 3.05) is 6.54 Å². The summed E-state index contributed by atoms with van der Waals surface area (Å²) in [5.74, 6) is -0.563. The molecule has 1 aromatic rings. The maximum Gasteiger partial charge on any atom is 0.157 e. The fourth-order valence-corrected chi connectivity index (χ4v) is 1.37. The Hall–Kier alpha value is -1.82. The highest BCUT2D eigenvalue weighted by molar-refractivity contribution is 5.41. The minimum absolute atomic E-state index is 0.0331. The third-order valence-corrected chi connectivity index (χ3v) is 2.45. The van der Waals surface area contributed by atoms with Crippen LogP contribution < -0.4 is 0 Å². The molecule has 94 valence electrons. The highest BCUT2D eigenvalue weighted by atomic mass is 16.3. The van der Waals surface area contributed by atoms with E-state index in [1.165, 1.54) is 23.2 Å². The van der Waals surface area contributed by atoms with Gasteiger partial charge in [-0.15, -0.1) is 4.91 Å². The van der Waals surface area contributed by atoms with Crippen molar-refractivity contribution >= 4 is 0 Å². The molecule has 1 atom stereocenters. The van der Waals surface area contributed by atoms with Crippen molar-refractivity contribution in [3.63, 3.8) is 0 Å². The molecule has 0 aliphatic heterocycles. The summed E-state index contributed by atoms with van der Waals surface area (Å²) in [7, 11) is 0. The number of aliphatic hydroxyl groups excluding tert-OH is 1. The van der Waals surface area contributed by atoms with Crippen LogP contribution in [0.1, 0.15) is 25.5 Å². The van der Waals surface area contributed by atoms with Crippen LogP contribution in [0.5, 0.6) is 11.5 Å². The van der Waals surface area contributed by atoms with Crippen molar-refractivity contribution < 1.29 is 15.3 Å². The van der Waals surface area contributed by atoms with Gasteiger partial charge in [-0.05, 0) is 31.5 Å². The summed E-state index contributed by atoms with van der Waals surface area (Å²) >= 11 is 0. The molecule has 0 amide bonds. The lowest BCUT2D eigenvalue weighted by atomic mass is 10.1. The van der Waals surface area contributed by atoms with Crippen LogP contribution in [0.3, 0.4) is 0 Å². The van der Waals surface area contributed by atoms with Crippen molar-refractivity contribution in [1.29, 1.82) is 0 Å². The number of aromatic hydroxyl groups is 2. The summed E-state index contributed by atoms with van der Waals surface area (Å²) in [6.07, 6.45) is -0.957. The van der Waals surface area contributed by atoms with E-state index >= 15 is 0 Å². The van der Waals surface area contributed by atoms with Crippen molar-refractivity contribution in [2.24, 2.45) is 5.29 Å². The van der Waals surface area contributed by atoms with Crippen LogP contribution in [0.2, 0.25) is 0 Å². The monoisotopic (exact) mass is 240 g/mol. The predicted octanol–water partition coefficient (Wildman–Crippen LogP) is 1.52. The quantitative estimate of drug-likeness (QED) is 0.412. The average Bonchev–Trinajstić information content (AvgIpc) is 2.28. The normalized spacial score (nSPS) is 12.5. The molecule has 1 rings (SSSR count). The summed E-state index contributed by atoms with van der Waals surface area (Å²) in [4.78, 5) is 10.5. The summed E-state index contributed by atoms with van der Waals surface area (Å²) in [6.45, 7) is 3.59. The Labute approximate surface area is 99.1 Å². The first-order chi connectivity index (χ1) is 7.95. The number of aliphatic hydroxyl groups is 1. The number of benzene rings is 1. The zero-order valence-electron chi connectivity index (χ0n) is 9.74. The van der Waals surface area contributed by atoms with E-state index in [4.69, 9.17) is 5.11 Å². The second-order valence-electron chi connectivity index (χ2n) is 4.06. The lowest BCUT2D eigenvalue weighted by molar-refractivity contribution is 0.0964. The van der Waals surface area contributed by atoms with Gasteiger partial charge in [0, 0.05) is 6.04 Å². The zero-order valence-corrected chi connectivity index (χ0v) is 9.74. The number of phenolic OH excluding ortho intramolecular Hbond substituents is 2. The van der Waals surface area contributed by atoms with Crippen LogP contribution >= 0.6 is 0 Å². The van der Waals surface area contributed by atoms with Gasteiger partial charge in [0.15, 0.2) is 11.5 Å². The van der Waals surface area contributed by atoms with Crippen molar-refractivity contribution in [2.45, 2.75) is 26.0 Å². The molecule has 3 N–H and O–H groups in total. The molecule has 17 heavy (non-hydrogen) atoms. The molecule has 0 radical (unpaired) electrons. The summed E-state index contributed by atoms with van der Waals surface area (Å²) in [6, 6.07) is 3.89. The number of nitroso groups, excluding NO2 is 1. The first-order valence-electron chi connectivity index (χ1n) is 5.25. The number of nitrogens with zero attached hydrogens (tertiary/aromatic N) is 2. The first kappa shape index (κ1) is 13.2. The van der Waals surface area contributed by atoms with Gasteiger partial charge in [-0.2, -0.15) is 0 Å². The molecule has 1 aromatic carbocycles. The van der Waals surface area contributed by atoms with Gasteiger partial charge in [0.25, 0.3) is 0 Å². The third-order valence-electron chi connectivity index (χ3n) is 2.45. The van der Waals surface area contributed by atoms with E-state index in [1.54, 1.807) is 13.8 Å². The summed E-state index contributed by atoms with van der Waals surface area (Å²) < 4.78 is 0. The Bertz CT molecular complexity index is 395. The minimum atomic E-state index is -0.957. The maximum absolute atomic E-state index is 10.5. The Morgan fingerprint density at radius 2 is 1.94 bits per heavy atom. The van der Waals surface area contributed by atoms with Crippen LogP contribution in [0, 0.1) is 4.91 Å². The van der Waals surface area contributed by atoms with Gasteiger partial charge < -0.3 is 15.3 Å². The Kier molecular flexibility index (Phi) is 4.28. The van der Waals surface area contributed by atoms with E-state index in [9.17, 15) is 15.1 Å². The van der Waals surface area contributed by atoms with Gasteiger partial charge in [0.05, 0.1) is 17.9 Å². The van der Waals surface area contributed by atoms with Gasteiger partial charge in [-0.3, -0.25) is 5.01 Å². The van der Waals surface area contributed by atoms with Crippen LogP contribution in [0.15, 0.2) is 23.5 Å². The second-order valence-corrected chi connectivity index (χ2v) is 4.06. The van der Waals surface area contributed by atoms with E-state index in [-0.39, 0.29) is 24.1 Å². The molecule has 0 spiro atoms. The van der Waals surface area contributed by atoms with Crippen LogP contribution in [0.4, 0.5) is 0 Å². The van der Waals surface area contributed by atoms with E-state index in [0.717, 1.165) is 0 Å². The highest BCUT2D eigenvalue weighted by Crippen LogP contribution is 2.28. The number of hydrogen-bond donors (Lipinski definition) is 3. The molecule has 0 heterocycles. The molecule has 1 unspecified atom stereocenters. The lowest BCUT2D eigenvalue weighted by Crippen LogP contribution is -2.29. The molecule has 0 fully saturated rings.